The Kier molecular flexibility index (Phi) is 3.57. The Hall–Kier alpha value is -2.04. The van der Waals surface area contributed by atoms with Crippen molar-refractivity contribution >= 4 is 11.9 Å². The number of amides is 1. The van der Waals surface area contributed by atoms with Gasteiger partial charge in [0.2, 0.25) is 5.91 Å². The molecule has 2 aliphatic carbocycles. The first-order valence-electron chi connectivity index (χ1n) is 7.34. The number of hydrogen-bond acceptors (Lipinski definition) is 3. The normalized spacial score (nSPS) is 29.8. The average molecular weight is 289 g/mol. The molecule has 2 bridgehead atoms. The number of fused-ring (bicyclic) bond motifs is 2. The van der Waals surface area contributed by atoms with Gasteiger partial charge in [0.1, 0.15) is 5.76 Å². The van der Waals surface area contributed by atoms with E-state index >= 15 is 0 Å². The van der Waals surface area contributed by atoms with E-state index in [1.54, 1.807) is 17.2 Å². The van der Waals surface area contributed by atoms with Crippen molar-refractivity contribution in [2.45, 2.75) is 19.9 Å². The van der Waals surface area contributed by atoms with E-state index in [1.165, 1.54) is 0 Å². The Bertz CT molecular complexity index is 563. The molecule has 21 heavy (non-hydrogen) atoms. The minimum Gasteiger partial charge on any atom is -0.481 e. The van der Waals surface area contributed by atoms with Crippen LogP contribution in [0.5, 0.6) is 0 Å². The Balaban J connectivity index is 1.79. The van der Waals surface area contributed by atoms with Crippen molar-refractivity contribution in [1.29, 1.82) is 0 Å². The lowest BCUT2D eigenvalue weighted by Gasteiger charge is -2.29. The summed E-state index contributed by atoms with van der Waals surface area (Å²) in [6.07, 6.45) is 6.32. The van der Waals surface area contributed by atoms with Crippen molar-refractivity contribution in [3.8, 4) is 0 Å². The van der Waals surface area contributed by atoms with Gasteiger partial charge in [-0.2, -0.15) is 0 Å². The van der Waals surface area contributed by atoms with Gasteiger partial charge in [-0.25, -0.2) is 0 Å². The van der Waals surface area contributed by atoms with Crippen LogP contribution in [0, 0.1) is 23.7 Å². The SMILES string of the molecule is CCN(Cc1ccco1)C(=O)C1C2C=CC(C2)C1C(=O)O. The number of carboxylic acid groups (broad SMARTS) is 1. The quantitative estimate of drug-likeness (QED) is 0.843. The lowest BCUT2D eigenvalue weighted by Crippen LogP contribution is -2.42. The van der Waals surface area contributed by atoms with Crippen LogP contribution in [-0.4, -0.2) is 28.4 Å². The van der Waals surface area contributed by atoms with Crippen LogP contribution in [0.25, 0.3) is 0 Å². The number of carbonyl (C=O) groups is 2. The number of hydrogen-bond donors (Lipinski definition) is 1. The molecule has 1 fully saturated rings. The molecule has 1 aromatic rings. The van der Waals surface area contributed by atoms with Crippen molar-refractivity contribution in [2.24, 2.45) is 23.7 Å². The third-order valence-corrected chi connectivity index (χ3v) is 4.65. The van der Waals surface area contributed by atoms with Crippen LogP contribution in [0.4, 0.5) is 0 Å². The van der Waals surface area contributed by atoms with Crippen LogP contribution in [0.2, 0.25) is 0 Å². The van der Waals surface area contributed by atoms with Gasteiger partial charge in [0.25, 0.3) is 0 Å². The highest BCUT2D eigenvalue weighted by molar-refractivity contribution is 5.86. The molecule has 2 aliphatic rings. The number of rotatable bonds is 5. The zero-order valence-corrected chi connectivity index (χ0v) is 11.9. The zero-order chi connectivity index (χ0) is 15.0. The monoisotopic (exact) mass is 289 g/mol. The maximum Gasteiger partial charge on any atom is 0.307 e. The Morgan fingerprint density at radius 2 is 2.05 bits per heavy atom. The lowest BCUT2D eigenvalue weighted by molar-refractivity contribution is -0.151. The molecule has 1 N–H and O–H groups in total. The average Bonchev–Trinajstić information content (AvgIpc) is 3.19. The second kappa shape index (κ2) is 5.39. The predicted molar refractivity (Wildman–Crippen MR) is 75.2 cm³/mol. The van der Waals surface area contributed by atoms with E-state index in [2.05, 4.69) is 0 Å². The highest BCUT2D eigenvalue weighted by Crippen LogP contribution is 2.48. The topological polar surface area (TPSA) is 70.8 Å². The number of nitrogens with zero attached hydrogens (tertiary/aromatic N) is 1. The standard InChI is InChI=1S/C16H19NO4/c1-2-17(9-12-4-3-7-21-12)15(18)13-10-5-6-11(8-10)14(13)16(19)20/h3-7,10-11,13-14H,2,8-9H2,1H3,(H,19,20). The highest BCUT2D eigenvalue weighted by Gasteiger charge is 2.52. The largest absolute Gasteiger partial charge is 0.481 e. The number of carboxylic acids is 1. The van der Waals surface area contributed by atoms with E-state index < -0.39 is 17.8 Å². The molecule has 0 spiro atoms. The van der Waals surface area contributed by atoms with Crippen LogP contribution in [0.15, 0.2) is 35.0 Å². The molecule has 1 amide bonds. The Morgan fingerprint density at radius 3 is 2.62 bits per heavy atom. The maximum absolute atomic E-state index is 12.8. The number of furan rings is 1. The fourth-order valence-corrected chi connectivity index (χ4v) is 3.64. The molecule has 1 saturated carbocycles. The van der Waals surface area contributed by atoms with E-state index in [1.807, 2.05) is 25.1 Å². The van der Waals surface area contributed by atoms with Crippen molar-refractivity contribution in [2.75, 3.05) is 6.54 Å². The minimum atomic E-state index is -0.862. The molecule has 1 heterocycles. The number of aliphatic carboxylic acids is 1. The van der Waals surface area contributed by atoms with E-state index in [0.717, 1.165) is 12.2 Å². The molecule has 0 radical (unpaired) electrons. The van der Waals surface area contributed by atoms with Gasteiger partial charge in [0, 0.05) is 6.54 Å². The van der Waals surface area contributed by atoms with Crippen LogP contribution in [-0.2, 0) is 16.1 Å². The Labute approximate surface area is 123 Å². The molecule has 1 aromatic heterocycles. The van der Waals surface area contributed by atoms with Gasteiger partial charge in [-0.1, -0.05) is 12.2 Å². The molecule has 0 aliphatic heterocycles. The van der Waals surface area contributed by atoms with Crippen LogP contribution >= 0.6 is 0 Å². The molecular formula is C16H19NO4. The fraction of sp³-hybridized carbons (Fsp3) is 0.500. The van der Waals surface area contributed by atoms with Gasteiger partial charge in [-0.3, -0.25) is 9.59 Å². The first-order valence-corrected chi connectivity index (χ1v) is 7.34. The third kappa shape index (κ3) is 2.37. The molecule has 5 heteroatoms. The summed E-state index contributed by atoms with van der Waals surface area (Å²) in [4.78, 5) is 26.0. The molecular weight excluding hydrogens is 270 g/mol. The van der Waals surface area contributed by atoms with Crippen LogP contribution in [0.3, 0.4) is 0 Å². The van der Waals surface area contributed by atoms with Gasteiger partial charge in [-0.05, 0) is 37.3 Å². The van der Waals surface area contributed by atoms with E-state index in [-0.39, 0.29) is 17.7 Å². The van der Waals surface area contributed by atoms with Gasteiger partial charge in [0.15, 0.2) is 0 Å². The van der Waals surface area contributed by atoms with Crippen molar-refractivity contribution in [3.05, 3.63) is 36.3 Å². The summed E-state index contributed by atoms with van der Waals surface area (Å²) in [5, 5.41) is 9.44. The van der Waals surface area contributed by atoms with Crippen molar-refractivity contribution in [1.82, 2.24) is 4.90 Å². The summed E-state index contributed by atoms with van der Waals surface area (Å²) in [7, 11) is 0. The molecule has 0 saturated heterocycles. The lowest BCUT2D eigenvalue weighted by atomic mass is 9.82. The first kappa shape index (κ1) is 13.9. The zero-order valence-electron chi connectivity index (χ0n) is 11.9. The highest BCUT2D eigenvalue weighted by atomic mass is 16.4. The summed E-state index contributed by atoms with van der Waals surface area (Å²) < 4.78 is 5.29. The van der Waals surface area contributed by atoms with E-state index in [9.17, 15) is 14.7 Å². The second-order valence-corrected chi connectivity index (χ2v) is 5.77. The number of allylic oxidation sites excluding steroid dienone is 2. The van der Waals surface area contributed by atoms with Crippen LogP contribution < -0.4 is 0 Å². The van der Waals surface area contributed by atoms with Crippen molar-refractivity contribution in [3.63, 3.8) is 0 Å². The molecule has 5 nitrogen and oxygen atoms in total. The van der Waals surface area contributed by atoms with E-state index in [0.29, 0.717) is 13.1 Å². The van der Waals surface area contributed by atoms with Gasteiger partial charge in [-0.15, -0.1) is 0 Å². The molecule has 4 atom stereocenters. The maximum atomic E-state index is 12.8. The summed E-state index contributed by atoms with van der Waals surface area (Å²) >= 11 is 0. The van der Waals surface area contributed by atoms with E-state index in [4.69, 9.17) is 4.42 Å². The molecule has 0 aromatic carbocycles. The summed E-state index contributed by atoms with van der Waals surface area (Å²) in [5.41, 5.74) is 0. The second-order valence-electron chi connectivity index (χ2n) is 5.77. The minimum absolute atomic E-state index is 0.00349. The van der Waals surface area contributed by atoms with Crippen molar-refractivity contribution < 1.29 is 19.1 Å². The summed E-state index contributed by atoms with van der Waals surface area (Å²) in [6.45, 7) is 2.84. The van der Waals surface area contributed by atoms with Gasteiger partial charge in [0.05, 0.1) is 24.6 Å². The number of carbonyl (C=O) groups excluding carboxylic acids is 1. The van der Waals surface area contributed by atoms with Gasteiger partial charge < -0.3 is 14.4 Å². The molecule has 4 unspecified atom stereocenters. The summed E-state index contributed by atoms with van der Waals surface area (Å²) in [5.74, 6) is -1.17. The summed E-state index contributed by atoms with van der Waals surface area (Å²) in [6, 6.07) is 3.61. The first-order chi connectivity index (χ1) is 10.1. The smallest absolute Gasteiger partial charge is 0.307 e. The molecule has 112 valence electrons. The third-order valence-electron chi connectivity index (χ3n) is 4.65. The van der Waals surface area contributed by atoms with Crippen LogP contribution in [0.1, 0.15) is 19.1 Å². The predicted octanol–water partition coefficient (Wildman–Crippen LogP) is 2.15. The fourth-order valence-electron chi connectivity index (χ4n) is 3.64. The Morgan fingerprint density at radius 1 is 1.33 bits per heavy atom. The molecule has 3 rings (SSSR count). The van der Waals surface area contributed by atoms with Gasteiger partial charge >= 0.3 is 5.97 Å².